The minimum absolute atomic E-state index is 0.0190. The van der Waals surface area contributed by atoms with Crippen molar-refractivity contribution in [1.29, 1.82) is 10.8 Å². The lowest BCUT2D eigenvalue weighted by Crippen LogP contribution is -2.33. The quantitative estimate of drug-likeness (QED) is 0.00335. The predicted molar refractivity (Wildman–Crippen MR) is 426 cm³/mol. The molecule has 116 heavy (non-hydrogen) atoms. The SMILES string of the molecule is C=Cc1cc(C(=O)Cc2ccc(C(=N)NC(=O)OCCC[C@H](O)C(=O)O)cc2)c(-c2ccc(C(=O)NCC3CC3)nc2C(=O)OC(C)OC(=O)C(C)C)cc1C.C=Cc1cc(C(=O)Cc2ccc(C(=N)NC(=O)OCCC[C@H](O)C(=O)OC(C)(C)C)cc2)c(-c2ccc(C(=O)NCC3CC3)nc2C(=O)OC(C)OC(=O)C(C)C)cc1C. The number of aliphatic hydroxyl groups is 2. The molecule has 0 spiro atoms. The van der Waals surface area contributed by atoms with Gasteiger partial charge in [-0.3, -0.25) is 50.2 Å². The highest BCUT2D eigenvalue weighted by Crippen LogP contribution is 2.35. The van der Waals surface area contributed by atoms with Crippen LogP contribution in [0.2, 0.25) is 0 Å². The third-order valence-corrected chi connectivity index (χ3v) is 18.0. The van der Waals surface area contributed by atoms with E-state index in [1.54, 1.807) is 121 Å². The highest BCUT2D eigenvalue weighted by Gasteiger charge is 2.32. The summed E-state index contributed by atoms with van der Waals surface area (Å²) < 4.78 is 36.6. The molecule has 616 valence electrons. The van der Waals surface area contributed by atoms with E-state index < -0.39 is 102 Å². The number of carbonyl (C=O) groups is 12. The number of amides is 4. The fourth-order valence-corrected chi connectivity index (χ4v) is 11.1. The molecule has 2 unspecified atom stereocenters. The lowest BCUT2D eigenvalue weighted by molar-refractivity contribution is -0.170. The summed E-state index contributed by atoms with van der Waals surface area (Å²) in [5, 5.41) is 54.9. The molecule has 4 atom stereocenters. The summed E-state index contributed by atoms with van der Waals surface area (Å²) in [4.78, 5) is 162. The summed E-state index contributed by atoms with van der Waals surface area (Å²) in [6.07, 6.45) is -0.0316. The highest BCUT2D eigenvalue weighted by atomic mass is 16.7. The number of carboxylic acid groups (broad SMARTS) is 1. The molecule has 4 aromatic carbocycles. The van der Waals surface area contributed by atoms with Gasteiger partial charge in [0.25, 0.3) is 11.8 Å². The van der Waals surface area contributed by atoms with E-state index in [4.69, 9.17) is 49.1 Å². The van der Waals surface area contributed by atoms with E-state index >= 15 is 0 Å². The Kier molecular flexibility index (Phi) is 32.9. The number of nitrogens with zero attached hydrogens (tertiary/aromatic N) is 2. The van der Waals surface area contributed by atoms with E-state index in [2.05, 4.69) is 44.4 Å². The van der Waals surface area contributed by atoms with Gasteiger partial charge in [0.15, 0.2) is 35.2 Å². The van der Waals surface area contributed by atoms with Crippen LogP contribution in [-0.4, -0.2) is 165 Å². The number of carbonyl (C=O) groups excluding carboxylic acids is 11. The van der Waals surface area contributed by atoms with Crippen LogP contribution in [0.1, 0.15) is 221 Å². The summed E-state index contributed by atoms with van der Waals surface area (Å²) in [6.45, 7) is 26.4. The predicted octanol–water partition coefficient (Wildman–Crippen LogP) is 11.7. The van der Waals surface area contributed by atoms with Crippen LogP contribution < -0.4 is 21.3 Å². The maximum atomic E-state index is 14.1. The van der Waals surface area contributed by atoms with Crippen molar-refractivity contribution in [1.82, 2.24) is 31.2 Å². The van der Waals surface area contributed by atoms with Crippen molar-refractivity contribution in [3.05, 3.63) is 189 Å². The molecule has 0 saturated heterocycles. The molecule has 30 heteroatoms. The standard InChI is InChI=1S/C45H54N4O11.C41H46N4O11/c1-9-30-23-34(37(51)22-28-14-16-31(17-15-28)39(46)49-44(56)57-20-10-11-36(50)42(54)60-45(6,7)8)33(21-26(30)4)32-18-19-35(40(52)47-24-29-12-13-29)48-38(32)43(55)59-27(5)58-41(53)25(2)3;1-6-27-20-31(34(47)19-25-11-13-28(14-12-25)36(42)45-41(53)54-17-7-8-33(46)38(49)50)30(18-23(27)4)29-15-16-32(37(48)43-21-26-9-10-26)44-35(29)40(52)56-24(5)55-39(51)22(2)3/h9,14-19,21,23,25,27,29,36,50H,1,10-13,20,22,24H2,2-8H3,(H,47,52)(H2,46,49,56);6,11-16,18,20,22,24,26,33,46H,1,7-10,17,19,21H2,2-5H3,(H,43,48)(H,49,50)(H2,42,45,53)/t27?,36-;24?,33-/m00/s1. The molecule has 6 aromatic rings. The van der Waals surface area contributed by atoms with Gasteiger partial charge in [-0.15, -0.1) is 0 Å². The van der Waals surface area contributed by atoms with Gasteiger partial charge in [-0.25, -0.2) is 38.7 Å². The number of alkyl carbamates (subject to hydrolysis) is 2. The molecule has 2 aliphatic carbocycles. The fraction of sp³-hybridized carbons (Fsp3) is 0.395. The third kappa shape index (κ3) is 27.7. The van der Waals surface area contributed by atoms with Gasteiger partial charge < -0.3 is 59.1 Å². The van der Waals surface area contributed by atoms with Crippen LogP contribution >= 0.6 is 0 Å². The van der Waals surface area contributed by atoms with Crippen molar-refractivity contribution in [2.45, 2.75) is 171 Å². The molecule has 0 aliphatic heterocycles. The first-order valence-electron chi connectivity index (χ1n) is 37.9. The highest BCUT2D eigenvalue weighted by molar-refractivity contribution is 6.10. The van der Waals surface area contributed by atoms with E-state index in [-0.39, 0.29) is 120 Å². The van der Waals surface area contributed by atoms with Gasteiger partial charge in [0.05, 0.1) is 25.0 Å². The van der Waals surface area contributed by atoms with Gasteiger partial charge in [-0.1, -0.05) is 114 Å². The number of carboxylic acids is 1. The molecular formula is C86H100N8O22. The third-order valence-electron chi connectivity index (χ3n) is 18.0. The second kappa shape index (κ2) is 42.1. The topological polar surface area (TPSA) is 452 Å². The van der Waals surface area contributed by atoms with Crippen molar-refractivity contribution >= 4 is 95.2 Å². The Hall–Kier alpha value is -12.4. The summed E-state index contributed by atoms with van der Waals surface area (Å²) in [6, 6.07) is 25.4. The number of hydrogen-bond donors (Lipinski definition) is 9. The molecule has 8 rings (SSSR count). The lowest BCUT2D eigenvalue weighted by atomic mass is 9.89. The van der Waals surface area contributed by atoms with Crippen LogP contribution in [0.3, 0.4) is 0 Å². The number of nitrogens with one attached hydrogen (secondary N) is 6. The van der Waals surface area contributed by atoms with Crippen LogP contribution in [0.15, 0.2) is 110 Å². The van der Waals surface area contributed by atoms with Gasteiger partial charge in [-0.05, 0) is 179 Å². The number of ketones is 2. The molecule has 4 amide bonds. The first kappa shape index (κ1) is 90.7. The number of benzene rings is 4. The second-order valence-corrected chi connectivity index (χ2v) is 29.6. The van der Waals surface area contributed by atoms with E-state index in [1.807, 2.05) is 13.8 Å². The van der Waals surface area contributed by atoms with Gasteiger partial charge in [0, 0.05) is 73.2 Å². The van der Waals surface area contributed by atoms with E-state index in [0.29, 0.717) is 69.4 Å². The maximum absolute atomic E-state index is 14.1. The molecule has 2 aliphatic rings. The number of hydrogen-bond acceptors (Lipinski definition) is 25. The van der Waals surface area contributed by atoms with E-state index in [0.717, 1.165) is 36.8 Å². The van der Waals surface area contributed by atoms with Crippen LogP contribution in [0.4, 0.5) is 9.59 Å². The number of amidine groups is 2. The number of esters is 5. The van der Waals surface area contributed by atoms with E-state index in [9.17, 15) is 67.7 Å². The van der Waals surface area contributed by atoms with Crippen LogP contribution in [0, 0.1) is 48.3 Å². The Morgan fingerprint density at radius 3 is 1.22 bits per heavy atom. The van der Waals surface area contributed by atoms with E-state index in [1.165, 1.54) is 50.2 Å². The smallest absolute Gasteiger partial charge is 0.412 e. The largest absolute Gasteiger partial charge is 0.479 e. The Morgan fingerprint density at radius 1 is 0.517 bits per heavy atom. The molecular weight excluding hydrogens is 1500 g/mol. The Labute approximate surface area is 671 Å². The van der Waals surface area contributed by atoms with Crippen LogP contribution in [-0.2, 0) is 65.2 Å². The van der Waals surface area contributed by atoms with Crippen molar-refractivity contribution in [3.8, 4) is 22.3 Å². The summed E-state index contributed by atoms with van der Waals surface area (Å²) >= 11 is 0. The minimum atomic E-state index is -1.56. The van der Waals surface area contributed by atoms with Gasteiger partial charge in [0.2, 0.25) is 12.6 Å². The number of rotatable bonds is 36. The number of aliphatic hydroxyl groups excluding tert-OH is 2. The average Bonchev–Trinajstić information content (AvgIpc) is 0.930. The molecule has 0 bridgehead atoms. The molecule has 2 fully saturated rings. The zero-order chi connectivity index (χ0) is 85.4. The molecule has 9 N–H and O–H groups in total. The van der Waals surface area contributed by atoms with Crippen molar-refractivity contribution < 1.29 is 106 Å². The number of Topliss-reactive ketones (excluding diaryl/α,β-unsaturated/α-hetero) is 2. The molecule has 2 saturated carbocycles. The maximum Gasteiger partial charge on any atom is 0.412 e. The zero-order valence-electron chi connectivity index (χ0n) is 66.8. The Morgan fingerprint density at radius 2 is 0.888 bits per heavy atom. The molecule has 2 heterocycles. The average molecular weight is 1600 g/mol. The lowest BCUT2D eigenvalue weighted by Gasteiger charge is -2.21. The molecule has 2 aromatic heterocycles. The fourth-order valence-electron chi connectivity index (χ4n) is 11.1. The number of aliphatic carboxylic acids is 1. The first-order valence-corrected chi connectivity index (χ1v) is 37.9. The Balaban J connectivity index is 0.000000322. The molecule has 0 radical (unpaired) electrons. The second-order valence-electron chi connectivity index (χ2n) is 29.6. The summed E-state index contributed by atoms with van der Waals surface area (Å²) in [5.74, 6) is -7.57. The summed E-state index contributed by atoms with van der Waals surface area (Å²) in [7, 11) is 0. The van der Waals surface area contributed by atoms with Crippen molar-refractivity contribution in [2.75, 3.05) is 26.3 Å². The zero-order valence-corrected chi connectivity index (χ0v) is 66.8. The number of pyridine rings is 2. The van der Waals surface area contributed by atoms with Gasteiger partial charge >= 0.3 is 48.0 Å². The minimum Gasteiger partial charge on any atom is -0.479 e. The normalized spacial score (nSPS) is 13.3. The van der Waals surface area contributed by atoms with Crippen LogP contribution in [0.5, 0.6) is 0 Å². The Bertz CT molecular complexity index is 4710. The van der Waals surface area contributed by atoms with Crippen molar-refractivity contribution in [2.24, 2.45) is 23.7 Å². The van der Waals surface area contributed by atoms with Crippen LogP contribution in [0.25, 0.3) is 34.4 Å². The first-order chi connectivity index (χ1) is 54.8. The van der Waals surface area contributed by atoms with Crippen molar-refractivity contribution in [3.63, 3.8) is 0 Å². The number of ether oxygens (including phenoxy) is 7. The number of aromatic nitrogens is 2. The monoisotopic (exact) mass is 1600 g/mol. The van der Waals surface area contributed by atoms with Gasteiger partial charge in [0.1, 0.15) is 28.7 Å². The molecule has 30 nitrogen and oxygen atoms in total. The summed E-state index contributed by atoms with van der Waals surface area (Å²) in [5.41, 5.74) is 4.84. The van der Waals surface area contributed by atoms with Gasteiger partial charge in [-0.2, -0.15) is 0 Å². The number of aryl methyl sites for hydroxylation is 2.